The highest BCUT2D eigenvalue weighted by Crippen LogP contribution is 2.21. The van der Waals surface area contributed by atoms with Gasteiger partial charge in [-0.25, -0.2) is 0 Å². The van der Waals surface area contributed by atoms with E-state index >= 15 is 0 Å². The summed E-state index contributed by atoms with van der Waals surface area (Å²) in [7, 11) is 1.93. The number of nitrogens with zero attached hydrogens (tertiary/aromatic N) is 3. The van der Waals surface area contributed by atoms with Crippen LogP contribution in [0.3, 0.4) is 0 Å². The van der Waals surface area contributed by atoms with Crippen LogP contribution in [0.4, 0.5) is 0 Å². The van der Waals surface area contributed by atoms with E-state index in [1.54, 1.807) is 0 Å². The van der Waals surface area contributed by atoms with Crippen LogP contribution in [0.2, 0.25) is 5.02 Å². The van der Waals surface area contributed by atoms with E-state index in [2.05, 4.69) is 47.2 Å². The standard InChI is InChI=1S/C14H21ClN4/c1-10(2)16-8-12-6-5-7-19(12)9-13-14(15)11(3)17-18(13)4/h5-7,10,16H,8-9H2,1-4H3. The first-order valence-electron chi connectivity index (χ1n) is 6.54. The summed E-state index contributed by atoms with van der Waals surface area (Å²) < 4.78 is 4.06. The second-order valence-electron chi connectivity index (χ2n) is 5.13. The molecule has 0 radical (unpaired) electrons. The summed E-state index contributed by atoms with van der Waals surface area (Å²) in [6.45, 7) is 7.84. The smallest absolute Gasteiger partial charge is 0.0865 e. The van der Waals surface area contributed by atoms with Crippen molar-refractivity contribution in [3.63, 3.8) is 0 Å². The van der Waals surface area contributed by atoms with Crippen LogP contribution in [0.1, 0.15) is 30.9 Å². The highest BCUT2D eigenvalue weighted by molar-refractivity contribution is 6.31. The van der Waals surface area contributed by atoms with Gasteiger partial charge in [-0.1, -0.05) is 25.4 Å². The normalized spacial score (nSPS) is 11.5. The van der Waals surface area contributed by atoms with Gasteiger partial charge in [0.2, 0.25) is 0 Å². The topological polar surface area (TPSA) is 34.8 Å². The molecule has 0 fully saturated rings. The van der Waals surface area contributed by atoms with Gasteiger partial charge in [0.15, 0.2) is 0 Å². The van der Waals surface area contributed by atoms with Crippen molar-refractivity contribution in [1.29, 1.82) is 0 Å². The molecule has 2 aromatic heterocycles. The molecule has 1 N–H and O–H groups in total. The minimum absolute atomic E-state index is 0.478. The van der Waals surface area contributed by atoms with Gasteiger partial charge in [0.25, 0.3) is 0 Å². The zero-order chi connectivity index (χ0) is 14.0. The maximum absolute atomic E-state index is 6.30. The Balaban J connectivity index is 2.17. The zero-order valence-electron chi connectivity index (χ0n) is 11.9. The SMILES string of the molecule is Cc1nn(C)c(Cn2cccc2CNC(C)C)c1Cl. The van der Waals surface area contributed by atoms with E-state index in [1.807, 2.05) is 18.7 Å². The second-order valence-corrected chi connectivity index (χ2v) is 5.51. The fourth-order valence-electron chi connectivity index (χ4n) is 2.09. The van der Waals surface area contributed by atoms with Crippen molar-refractivity contribution in [3.8, 4) is 0 Å². The molecular formula is C14H21ClN4. The third-order valence-corrected chi connectivity index (χ3v) is 3.69. The Labute approximate surface area is 119 Å². The molecule has 104 valence electrons. The molecule has 0 aliphatic carbocycles. The molecule has 2 heterocycles. The van der Waals surface area contributed by atoms with Crippen LogP contribution in [0.15, 0.2) is 18.3 Å². The first kappa shape index (κ1) is 14.2. The van der Waals surface area contributed by atoms with Crippen LogP contribution in [0.25, 0.3) is 0 Å². The number of hydrogen-bond donors (Lipinski definition) is 1. The summed E-state index contributed by atoms with van der Waals surface area (Å²) in [5.41, 5.74) is 3.18. The predicted molar refractivity (Wildman–Crippen MR) is 78.5 cm³/mol. The van der Waals surface area contributed by atoms with Gasteiger partial charge in [0.1, 0.15) is 0 Å². The average molecular weight is 281 g/mol. The maximum Gasteiger partial charge on any atom is 0.0865 e. The van der Waals surface area contributed by atoms with Crippen LogP contribution in [0.5, 0.6) is 0 Å². The lowest BCUT2D eigenvalue weighted by molar-refractivity contribution is 0.558. The lowest BCUT2D eigenvalue weighted by atomic mass is 10.3. The van der Waals surface area contributed by atoms with Crippen molar-refractivity contribution < 1.29 is 0 Å². The highest BCUT2D eigenvalue weighted by Gasteiger charge is 2.12. The molecule has 0 unspecified atom stereocenters. The van der Waals surface area contributed by atoms with Crippen LogP contribution in [0, 0.1) is 6.92 Å². The Bertz CT molecular complexity index is 554. The van der Waals surface area contributed by atoms with Gasteiger partial charge in [-0.15, -0.1) is 0 Å². The molecule has 0 aliphatic heterocycles. The van der Waals surface area contributed by atoms with Crippen molar-refractivity contribution in [2.75, 3.05) is 0 Å². The third-order valence-electron chi connectivity index (χ3n) is 3.20. The predicted octanol–water partition coefficient (Wildman–Crippen LogP) is 2.73. The fraction of sp³-hybridized carbons (Fsp3) is 0.500. The summed E-state index contributed by atoms with van der Waals surface area (Å²) in [6, 6.07) is 4.67. The molecule has 0 aliphatic rings. The van der Waals surface area contributed by atoms with Gasteiger partial charge in [-0.05, 0) is 19.1 Å². The molecule has 4 nitrogen and oxygen atoms in total. The summed E-state index contributed by atoms with van der Waals surface area (Å²) in [5.74, 6) is 0. The van der Waals surface area contributed by atoms with E-state index in [9.17, 15) is 0 Å². The van der Waals surface area contributed by atoms with E-state index in [0.717, 1.165) is 29.5 Å². The van der Waals surface area contributed by atoms with Crippen LogP contribution >= 0.6 is 11.6 Å². The molecule has 19 heavy (non-hydrogen) atoms. The number of hydrogen-bond acceptors (Lipinski definition) is 2. The van der Waals surface area contributed by atoms with Gasteiger partial charge >= 0.3 is 0 Å². The molecular weight excluding hydrogens is 260 g/mol. The Kier molecular flexibility index (Phi) is 4.32. The van der Waals surface area contributed by atoms with Gasteiger partial charge in [-0.2, -0.15) is 5.10 Å². The number of rotatable bonds is 5. The van der Waals surface area contributed by atoms with E-state index < -0.39 is 0 Å². The van der Waals surface area contributed by atoms with Crippen molar-refractivity contribution in [3.05, 3.63) is 40.4 Å². The molecule has 0 amide bonds. The van der Waals surface area contributed by atoms with Crippen molar-refractivity contribution in [2.24, 2.45) is 7.05 Å². The minimum atomic E-state index is 0.478. The highest BCUT2D eigenvalue weighted by atomic mass is 35.5. The van der Waals surface area contributed by atoms with E-state index in [-0.39, 0.29) is 0 Å². The van der Waals surface area contributed by atoms with Crippen LogP contribution in [-0.4, -0.2) is 20.4 Å². The lowest BCUT2D eigenvalue weighted by Gasteiger charge is -2.12. The fourth-order valence-corrected chi connectivity index (χ4v) is 2.31. The minimum Gasteiger partial charge on any atom is -0.344 e. The Morgan fingerprint density at radius 3 is 2.74 bits per heavy atom. The number of aryl methyl sites for hydroxylation is 2. The monoisotopic (exact) mass is 280 g/mol. The second kappa shape index (κ2) is 5.80. The van der Waals surface area contributed by atoms with Crippen LogP contribution < -0.4 is 5.32 Å². The first-order chi connectivity index (χ1) is 8.99. The summed E-state index contributed by atoms with van der Waals surface area (Å²) in [6.07, 6.45) is 2.08. The molecule has 0 saturated carbocycles. The Morgan fingerprint density at radius 1 is 1.42 bits per heavy atom. The Morgan fingerprint density at radius 2 is 2.16 bits per heavy atom. The maximum atomic E-state index is 6.30. The first-order valence-corrected chi connectivity index (χ1v) is 6.92. The van der Waals surface area contributed by atoms with E-state index in [0.29, 0.717) is 6.04 Å². The summed E-state index contributed by atoms with van der Waals surface area (Å²) in [4.78, 5) is 0. The van der Waals surface area contributed by atoms with Gasteiger partial charge in [0.05, 0.1) is 23.0 Å². The van der Waals surface area contributed by atoms with Crippen molar-refractivity contribution >= 4 is 11.6 Å². The van der Waals surface area contributed by atoms with Gasteiger partial charge < -0.3 is 9.88 Å². The molecule has 0 bridgehead atoms. The summed E-state index contributed by atoms with van der Waals surface area (Å²) in [5, 5.41) is 8.55. The Hall–Kier alpha value is -1.26. The molecule has 0 atom stereocenters. The number of aromatic nitrogens is 3. The van der Waals surface area contributed by atoms with E-state index in [4.69, 9.17) is 11.6 Å². The van der Waals surface area contributed by atoms with Crippen LogP contribution in [-0.2, 0) is 20.1 Å². The third kappa shape index (κ3) is 3.19. The van der Waals surface area contributed by atoms with E-state index in [1.165, 1.54) is 5.69 Å². The zero-order valence-corrected chi connectivity index (χ0v) is 12.7. The molecule has 0 spiro atoms. The number of nitrogens with one attached hydrogen (secondary N) is 1. The number of halogens is 1. The molecule has 0 aromatic carbocycles. The largest absolute Gasteiger partial charge is 0.344 e. The molecule has 2 aromatic rings. The van der Waals surface area contributed by atoms with Gasteiger partial charge in [0, 0.05) is 31.5 Å². The lowest BCUT2D eigenvalue weighted by Crippen LogP contribution is -2.23. The van der Waals surface area contributed by atoms with Gasteiger partial charge in [-0.3, -0.25) is 4.68 Å². The molecule has 2 rings (SSSR count). The molecule has 5 heteroatoms. The van der Waals surface area contributed by atoms with Crippen molar-refractivity contribution in [1.82, 2.24) is 19.7 Å². The molecule has 0 saturated heterocycles. The van der Waals surface area contributed by atoms with Crippen molar-refractivity contribution in [2.45, 2.75) is 39.9 Å². The average Bonchev–Trinajstić information content (AvgIpc) is 2.87. The summed E-state index contributed by atoms with van der Waals surface area (Å²) >= 11 is 6.30. The quantitative estimate of drug-likeness (QED) is 0.914.